The highest BCUT2D eigenvalue weighted by Gasteiger charge is 2.12. The minimum Gasteiger partial charge on any atom is -0.102 e. The van der Waals surface area contributed by atoms with Gasteiger partial charge in [-0.1, -0.05) is 30.4 Å². The summed E-state index contributed by atoms with van der Waals surface area (Å²) >= 11 is 0. The van der Waals surface area contributed by atoms with Gasteiger partial charge in [-0.3, -0.25) is 0 Å². The molecule has 8 heavy (non-hydrogen) atoms. The van der Waals surface area contributed by atoms with Crippen LogP contribution in [0.1, 0.15) is 6.92 Å². The van der Waals surface area contributed by atoms with Crippen LogP contribution in [-0.4, -0.2) is 0 Å². The summed E-state index contributed by atoms with van der Waals surface area (Å²) in [5.74, 6) is 0. The summed E-state index contributed by atoms with van der Waals surface area (Å²) in [4.78, 5) is 0. The molecule has 0 saturated carbocycles. The summed E-state index contributed by atoms with van der Waals surface area (Å²) in [5.41, 5.74) is 0.139. The fourth-order valence-electron chi connectivity index (χ4n) is 0.717. The van der Waals surface area contributed by atoms with Gasteiger partial charge in [0, 0.05) is 5.41 Å². The molecular weight excluding hydrogens is 96.1 g/mol. The molecule has 1 rings (SSSR count). The molecule has 0 radical (unpaired) electrons. The van der Waals surface area contributed by atoms with Crippen molar-refractivity contribution in [2.75, 3.05) is 0 Å². The van der Waals surface area contributed by atoms with Crippen molar-refractivity contribution in [1.82, 2.24) is 0 Å². The van der Waals surface area contributed by atoms with Crippen molar-refractivity contribution in [1.29, 1.82) is 0 Å². The van der Waals surface area contributed by atoms with E-state index in [1.165, 1.54) is 0 Å². The van der Waals surface area contributed by atoms with Crippen LogP contribution in [0.3, 0.4) is 0 Å². The zero-order valence-corrected chi connectivity index (χ0v) is 5.09. The lowest BCUT2D eigenvalue weighted by Gasteiger charge is -2.10. The quantitative estimate of drug-likeness (QED) is 0.450. The third-order valence-corrected chi connectivity index (χ3v) is 1.46. The maximum absolute atomic E-state index is 3.71. The highest BCUT2D eigenvalue weighted by molar-refractivity contribution is 5.28. The minimum atomic E-state index is 0.139. The zero-order chi connectivity index (χ0) is 6.04. The van der Waals surface area contributed by atoms with Gasteiger partial charge in [-0.2, -0.15) is 0 Å². The first-order valence-corrected chi connectivity index (χ1v) is 2.77. The van der Waals surface area contributed by atoms with Gasteiger partial charge in [-0.25, -0.2) is 0 Å². The van der Waals surface area contributed by atoms with E-state index in [1.807, 2.05) is 18.2 Å². The summed E-state index contributed by atoms with van der Waals surface area (Å²) in [6.07, 6.45) is 10.3. The van der Waals surface area contributed by atoms with Crippen molar-refractivity contribution < 1.29 is 0 Å². The molecule has 0 amide bonds. The van der Waals surface area contributed by atoms with Gasteiger partial charge in [0.15, 0.2) is 0 Å². The maximum Gasteiger partial charge on any atom is 0.0217 e. The van der Waals surface area contributed by atoms with Crippen LogP contribution < -0.4 is 0 Å². The molecular formula is C8H10. The van der Waals surface area contributed by atoms with Gasteiger partial charge in [0.25, 0.3) is 0 Å². The van der Waals surface area contributed by atoms with E-state index in [-0.39, 0.29) is 5.41 Å². The van der Waals surface area contributed by atoms with Crippen molar-refractivity contribution in [3.63, 3.8) is 0 Å². The van der Waals surface area contributed by atoms with Crippen LogP contribution in [0.25, 0.3) is 0 Å². The van der Waals surface area contributed by atoms with E-state index >= 15 is 0 Å². The van der Waals surface area contributed by atoms with Crippen LogP contribution in [0.5, 0.6) is 0 Å². The Morgan fingerprint density at radius 2 is 1.88 bits per heavy atom. The predicted molar refractivity (Wildman–Crippen MR) is 36.6 cm³/mol. The molecule has 0 heterocycles. The van der Waals surface area contributed by atoms with E-state index in [2.05, 4.69) is 25.7 Å². The van der Waals surface area contributed by atoms with E-state index in [9.17, 15) is 0 Å². The van der Waals surface area contributed by atoms with Gasteiger partial charge in [0.05, 0.1) is 0 Å². The third kappa shape index (κ3) is 0.738. The molecule has 0 spiro atoms. The predicted octanol–water partition coefficient (Wildman–Crippen LogP) is 2.30. The van der Waals surface area contributed by atoms with Crippen LogP contribution in [0.2, 0.25) is 0 Å². The van der Waals surface area contributed by atoms with Crippen LogP contribution in [0.4, 0.5) is 0 Å². The Morgan fingerprint density at radius 1 is 1.38 bits per heavy atom. The van der Waals surface area contributed by atoms with Gasteiger partial charge >= 0.3 is 0 Å². The molecule has 0 saturated heterocycles. The Hall–Kier alpha value is -0.780. The number of hydrogen-bond donors (Lipinski definition) is 0. The van der Waals surface area contributed by atoms with E-state index in [1.54, 1.807) is 0 Å². The molecule has 0 aromatic heterocycles. The molecule has 1 aliphatic carbocycles. The summed E-state index contributed by atoms with van der Waals surface area (Å²) in [6, 6.07) is 0. The third-order valence-electron chi connectivity index (χ3n) is 1.46. The van der Waals surface area contributed by atoms with E-state index in [0.717, 1.165) is 0 Å². The molecule has 0 N–H and O–H groups in total. The molecule has 0 nitrogen and oxygen atoms in total. The normalized spacial score (nSPS) is 21.6. The first-order valence-electron chi connectivity index (χ1n) is 2.77. The molecule has 0 atom stereocenters. The molecule has 0 aliphatic heterocycles. The minimum absolute atomic E-state index is 0.139. The summed E-state index contributed by atoms with van der Waals surface area (Å²) in [6.45, 7) is 5.84. The number of hydrogen-bond acceptors (Lipinski definition) is 0. The lowest BCUT2D eigenvalue weighted by molar-refractivity contribution is 0.731. The van der Waals surface area contributed by atoms with Crippen LogP contribution >= 0.6 is 0 Å². The smallest absolute Gasteiger partial charge is 0.0217 e. The fraction of sp³-hybridized carbons (Fsp3) is 0.250. The first kappa shape index (κ1) is 5.36. The van der Waals surface area contributed by atoms with Crippen molar-refractivity contribution in [3.05, 3.63) is 37.0 Å². The molecule has 0 heteroatoms. The van der Waals surface area contributed by atoms with Crippen molar-refractivity contribution in [2.24, 2.45) is 5.41 Å². The van der Waals surface area contributed by atoms with Gasteiger partial charge in [0.2, 0.25) is 0 Å². The average Bonchev–Trinajstić information content (AvgIpc) is 2.17. The Morgan fingerprint density at radius 3 is 2.12 bits per heavy atom. The van der Waals surface area contributed by atoms with Crippen LogP contribution in [0, 0.1) is 5.41 Å². The lowest BCUT2D eigenvalue weighted by atomic mass is 9.94. The standard InChI is InChI=1S/C8H10/c1-3-8(2)6-4-5-7-8/h3-7H,1H2,2H3. The van der Waals surface area contributed by atoms with E-state index < -0.39 is 0 Å². The van der Waals surface area contributed by atoms with Gasteiger partial charge in [-0.05, 0) is 6.92 Å². The van der Waals surface area contributed by atoms with E-state index in [4.69, 9.17) is 0 Å². The Kier molecular flexibility index (Phi) is 1.09. The average molecular weight is 106 g/mol. The monoisotopic (exact) mass is 106 g/mol. The Balaban J connectivity index is 2.83. The second-order valence-corrected chi connectivity index (χ2v) is 2.29. The largest absolute Gasteiger partial charge is 0.102 e. The summed E-state index contributed by atoms with van der Waals surface area (Å²) in [7, 11) is 0. The van der Waals surface area contributed by atoms with Gasteiger partial charge < -0.3 is 0 Å². The Labute approximate surface area is 50.2 Å². The van der Waals surface area contributed by atoms with Crippen LogP contribution in [0.15, 0.2) is 37.0 Å². The van der Waals surface area contributed by atoms with Crippen molar-refractivity contribution in [3.8, 4) is 0 Å². The highest BCUT2D eigenvalue weighted by atomic mass is 14.2. The lowest BCUT2D eigenvalue weighted by Crippen LogP contribution is -1.99. The molecule has 0 unspecified atom stereocenters. The van der Waals surface area contributed by atoms with Crippen molar-refractivity contribution in [2.45, 2.75) is 6.92 Å². The first-order chi connectivity index (χ1) is 3.77. The molecule has 0 aromatic carbocycles. The fourth-order valence-corrected chi connectivity index (χ4v) is 0.717. The summed E-state index contributed by atoms with van der Waals surface area (Å²) in [5, 5.41) is 0. The van der Waals surface area contributed by atoms with Gasteiger partial charge in [0.1, 0.15) is 0 Å². The van der Waals surface area contributed by atoms with Crippen LogP contribution in [-0.2, 0) is 0 Å². The van der Waals surface area contributed by atoms with Gasteiger partial charge in [-0.15, -0.1) is 6.58 Å². The molecule has 0 aromatic rings. The molecule has 0 fully saturated rings. The highest BCUT2D eigenvalue weighted by Crippen LogP contribution is 2.25. The zero-order valence-electron chi connectivity index (χ0n) is 5.09. The molecule has 0 bridgehead atoms. The molecule has 1 aliphatic rings. The number of allylic oxidation sites excluding steroid dienone is 5. The molecule has 42 valence electrons. The SMILES string of the molecule is C=CC1(C)C=CC=C1. The Bertz CT molecular complexity index is 137. The van der Waals surface area contributed by atoms with E-state index in [0.29, 0.717) is 0 Å². The second-order valence-electron chi connectivity index (χ2n) is 2.29. The maximum atomic E-state index is 3.71. The van der Waals surface area contributed by atoms with Crippen molar-refractivity contribution >= 4 is 0 Å². The topological polar surface area (TPSA) is 0 Å². The number of rotatable bonds is 1. The summed E-state index contributed by atoms with van der Waals surface area (Å²) < 4.78 is 0. The second kappa shape index (κ2) is 1.62.